The van der Waals surface area contributed by atoms with Gasteiger partial charge < -0.3 is 9.84 Å². The number of benzene rings is 2. The highest BCUT2D eigenvalue weighted by Crippen LogP contribution is 2.23. The van der Waals surface area contributed by atoms with Gasteiger partial charge in [0, 0.05) is 6.92 Å². The van der Waals surface area contributed by atoms with Gasteiger partial charge >= 0.3 is 5.97 Å². The maximum Gasteiger partial charge on any atom is 0.337 e. The van der Waals surface area contributed by atoms with Crippen molar-refractivity contribution in [3.63, 3.8) is 0 Å². The molecule has 114 valence electrons. The van der Waals surface area contributed by atoms with E-state index >= 15 is 0 Å². The van der Waals surface area contributed by atoms with Gasteiger partial charge in [0.25, 0.3) is 0 Å². The first-order valence-corrected chi connectivity index (χ1v) is 6.56. The third-order valence-corrected chi connectivity index (χ3v) is 3.02. The van der Waals surface area contributed by atoms with Crippen molar-refractivity contribution in [3.05, 3.63) is 54.1 Å². The van der Waals surface area contributed by atoms with Gasteiger partial charge in [-0.2, -0.15) is 0 Å². The van der Waals surface area contributed by atoms with Gasteiger partial charge in [-0.1, -0.05) is 12.1 Å². The minimum Gasteiger partial charge on any atom is -0.497 e. The standard InChI is InChI=1S/C16H16N2O4/c1-11(19)18(15-6-4-3-5-14(15)16(20)21)17-12-7-9-13(22-2)10-8-12/h3-10,17H,1-2H3,(H,20,21). The molecule has 0 atom stereocenters. The smallest absolute Gasteiger partial charge is 0.337 e. The van der Waals surface area contributed by atoms with Crippen LogP contribution >= 0.6 is 0 Å². The van der Waals surface area contributed by atoms with E-state index in [1.165, 1.54) is 18.0 Å². The summed E-state index contributed by atoms with van der Waals surface area (Å²) in [5.41, 5.74) is 3.86. The van der Waals surface area contributed by atoms with Gasteiger partial charge in [-0.25, -0.2) is 9.80 Å². The van der Waals surface area contributed by atoms with Crippen LogP contribution in [-0.2, 0) is 4.79 Å². The monoisotopic (exact) mass is 300 g/mol. The molecular weight excluding hydrogens is 284 g/mol. The van der Waals surface area contributed by atoms with E-state index in [9.17, 15) is 14.7 Å². The topological polar surface area (TPSA) is 78.9 Å². The third-order valence-electron chi connectivity index (χ3n) is 3.02. The number of nitrogens with zero attached hydrogens (tertiary/aromatic N) is 1. The predicted molar refractivity (Wildman–Crippen MR) is 83.2 cm³/mol. The molecule has 2 aromatic carbocycles. The molecule has 0 saturated carbocycles. The number of carboxylic acid groups (broad SMARTS) is 1. The van der Waals surface area contributed by atoms with E-state index in [1.54, 1.807) is 49.6 Å². The van der Waals surface area contributed by atoms with Crippen LogP contribution in [0.1, 0.15) is 17.3 Å². The molecule has 0 heterocycles. The number of hydrogen-bond acceptors (Lipinski definition) is 4. The highest BCUT2D eigenvalue weighted by Gasteiger charge is 2.18. The molecule has 0 aromatic heterocycles. The molecule has 1 amide bonds. The highest BCUT2D eigenvalue weighted by molar-refractivity contribution is 6.02. The molecule has 2 N–H and O–H groups in total. The molecule has 0 saturated heterocycles. The zero-order valence-electron chi connectivity index (χ0n) is 12.2. The SMILES string of the molecule is COc1ccc(NN(C(C)=O)c2ccccc2C(=O)O)cc1. The van der Waals surface area contributed by atoms with Gasteiger partial charge in [0.05, 0.1) is 24.0 Å². The van der Waals surface area contributed by atoms with Crippen LogP contribution in [0.15, 0.2) is 48.5 Å². The third kappa shape index (κ3) is 3.35. The molecule has 0 spiro atoms. The Kier molecular flexibility index (Phi) is 4.63. The lowest BCUT2D eigenvalue weighted by molar-refractivity contribution is -0.116. The van der Waals surface area contributed by atoms with Crippen LogP contribution in [0.3, 0.4) is 0 Å². The van der Waals surface area contributed by atoms with E-state index in [2.05, 4.69) is 5.43 Å². The molecule has 6 heteroatoms. The zero-order chi connectivity index (χ0) is 16.1. The molecule has 0 unspecified atom stereocenters. The quantitative estimate of drug-likeness (QED) is 0.830. The minimum atomic E-state index is -1.10. The summed E-state index contributed by atoms with van der Waals surface area (Å²) < 4.78 is 5.07. The molecule has 0 fully saturated rings. The van der Waals surface area contributed by atoms with Crippen LogP contribution in [0.4, 0.5) is 11.4 Å². The fourth-order valence-electron chi connectivity index (χ4n) is 1.95. The first-order valence-electron chi connectivity index (χ1n) is 6.56. The number of hydrazine groups is 1. The van der Waals surface area contributed by atoms with E-state index in [0.29, 0.717) is 11.4 Å². The van der Waals surface area contributed by atoms with Gasteiger partial charge in [0.1, 0.15) is 5.75 Å². The van der Waals surface area contributed by atoms with E-state index in [4.69, 9.17) is 4.74 Å². The van der Waals surface area contributed by atoms with Gasteiger partial charge in [-0.05, 0) is 36.4 Å². The average Bonchev–Trinajstić information content (AvgIpc) is 2.53. The molecule has 0 aliphatic heterocycles. The lowest BCUT2D eigenvalue weighted by Crippen LogP contribution is -2.35. The number of aromatic carboxylic acids is 1. The highest BCUT2D eigenvalue weighted by atomic mass is 16.5. The van der Waals surface area contributed by atoms with E-state index in [-0.39, 0.29) is 17.2 Å². The van der Waals surface area contributed by atoms with Crippen molar-refractivity contribution >= 4 is 23.3 Å². The largest absolute Gasteiger partial charge is 0.497 e. The Morgan fingerprint density at radius 1 is 1.09 bits per heavy atom. The van der Waals surface area contributed by atoms with Crippen molar-refractivity contribution < 1.29 is 19.4 Å². The number of nitrogens with one attached hydrogen (secondary N) is 1. The molecule has 2 aromatic rings. The number of anilines is 2. The Labute approximate surface area is 127 Å². The molecule has 22 heavy (non-hydrogen) atoms. The maximum absolute atomic E-state index is 11.9. The normalized spacial score (nSPS) is 9.91. The summed E-state index contributed by atoms with van der Waals surface area (Å²) in [6, 6.07) is 13.3. The summed E-state index contributed by atoms with van der Waals surface area (Å²) in [5, 5.41) is 10.4. The predicted octanol–water partition coefficient (Wildman–Crippen LogP) is 2.77. The number of carbonyl (C=O) groups is 2. The molecule has 0 aliphatic carbocycles. The Bertz CT molecular complexity index is 683. The summed E-state index contributed by atoms with van der Waals surface area (Å²) in [5.74, 6) is -0.742. The second kappa shape index (κ2) is 6.62. The van der Waals surface area contributed by atoms with Crippen molar-refractivity contribution in [2.75, 3.05) is 17.5 Å². The van der Waals surface area contributed by atoms with Crippen LogP contribution in [-0.4, -0.2) is 24.1 Å². The molecular formula is C16H16N2O4. The van der Waals surface area contributed by atoms with Gasteiger partial charge in [-0.15, -0.1) is 0 Å². The number of rotatable bonds is 5. The Hall–Kier alpha value is -3.02. The van der Waals surface area contributed by atoms with Crippen molar-refractivity contribution in [2.24, 2.45) is 0 Å². The first-order chi connectivity index (χ1) is 10.5. The summed E-state index contributed by atoms with van der Waals surface area (Å²) in [6.07, 6.45) is 0. The zero-order valence-corrected chi connectivity index (χ0v) is 12.2. The lowest BCUT2D eigenvalue weighted by Gasteiger charge is -2.24. The van der Waals surface area contributed by atoms with E-state index < -0.39 is 5.97 Å². The fraction of sp³-hybridized carbons (Fsp3) is 0.125. The summed E-state index contributed by atoms with van der Waals surface area (Å²) >= 11 is 0. The van der Waals surface area contributed by atoms with Crippen LogP contribution in [0, 0.1) is 0 Å². The fourth-order valence-corrected chi connectivity index (χ4v) is 1.95. The number of carbonyl (C=O) groups excluding carboxylic acids is 1. The molecule has 0 radical (unpaired) electrons. The van der Waals surface area contributed by atoms with Gasteiger partial charge in [0.2, 0.25) is 5.91 Å². The second-order valence-corrected chi connectivity index (χ2v) is 4.52. The molecule has 6 nitrogen and oxygen atoms in total. The van der Waals surface area contributed by atoms with Crippen LogP contribution in [0.25, 0.3) is 0 Å². The molecule has 2 rings (SSSR count). The number of hydrogen-bond donors (Lipinski definition) is 2. The number of amides is 1. The van der Waals surface area contributed by atoms with Crippen molar-refractivity contribution in [1.82, 2.24) is 0 Å². The average molecular weight is 300 g/mol. The summed E-state index contributed by atoms with van der Waals surface area (Å²) in [4.78, 5) is 23.2. The van der Waals surface area contributed by atoms with Crippen LogP contribution < -0.4 is 15.2 Å². The van der Waals surface area contributed by atoms with E-state index in [1.807, 2.05) is 0 Å². The number of para-hydroxylation sites is 1. The first kappa shape index (κ1) is 15.4. The van der Waals surface area contributed by atoms with Crippen molar-refractivity contribution in [1.29, 1.82) is 0 Å². The van der Waals surface area contributed by atoms with Crippen molar-refractivity contribution in [2.45, 2.75) is 6.92 Å². The van der Waals surface area contributed by atoms with Crippen molar-refractivity contribution in [3.8, 4) is 5.75 Å². The Balaban J connectivity index is 2.34. The van der Waals surface area contributed by atoms with Gasteiger partial charge in [-0.3, -0.25) is 10.2 Å². The number of ether oxygens (including phenoxy) is 1. The van der Waals surface area contributed by atoms with Crippen LogP contribution in [0.2, 0.25) is 0 Å². The molecule has 0 aliphatic rings. The number of carboxylic acids is 1. The Morgan fingerprint density at radius 2 is 1.73 bits per heavy atom. The summed E-state index contributed by atoms with van der Waals surface area (Å²) in [7, 11) is 1.56. The van der Waals surface area contributed by atoms with E-state index in [0.717, 1.165) is 0 Å². The van der Waals surface area contributed by atoms with Gasteiger partial charge in [0.15, 0.2) is 0 Å². The van der Waals surface area contributed by atoms with Crippen LogP contribution in [0.5, 0.6) is 5.75 Å². The lowest BCUT2D eigenvalue weighted by atomic mass is 10.1. The number of methoxy groups -OCH3 is 1. The maximum atomic E-state index is 11.9. The minimum absolute atomic E-state index is 0.0405. The molecule has 0 bridgehead atoms. The second-order valence-electron chi connectivity index (χ2n) is 4.52. The Morgan fingerprint density at radius 3 is 2.27 bits per heavy atom. The summed E-state index contributed by atoms with van der Waals surface area (Å²) in [6.45, 7) is 1.36.